The third-order valence-corrected chi connectivity index (χ3v) is 6.22. The number of carbonyl (C=O) groups is 2. The summed E-state index contributed by atoms with van der Waals surface area (Å²) in [5.74, 6) is 1.46. The molecule has 25 heavy (non-hydrogen) atoms. The number of rotatable bonds is 3. The molecule has 0 radical (unpaired) electrons. The Bertz CT molecular complexity index is 490. The molecule has 4 heteroatoms. The van der Waals surface area contributed by atoms with Crippen LogP contribution in [0.5, 0.6) is 0 Å². The van der Waals surface area contributed by atoms with Crippen molar-refractivity contribution in [3.05, 3.63) is 0 Å². The Morgan fingerprint density at radius 3 is 1.36 bits per heavy atom. The van der Waals surface area contributed by atoms with E-state index in [1.165, 1.54) is 19.3 Å². The molecular weight excluding hydrogens is 312 g/mol. The number of nitrogens with one attached hydrogen (secondary N) is 2. The zero-order valence-electron chi connectivity index (χ0n) is 16.9. The van der Waals surface area contributed by atoms with Crippen LogP contribution in [0.3, 0.4) is 0 Å². The van der Waals surface area contributed by atoms with Crippen LogP contribution in [-0.4, -0.2) is 22.9 Å². The highest BCUT2D eigenvalue weighted by Crippen LogP contribution is 2.62. The van der Waals surface area contributed by atoms with E-state index in [-0.39, 0.29) is 28.3 Å². The van der Waals surface area contributed by atoms with Gasteiger partial charge in [-0.05, 0) is 103 Å². The van der Waals surface area contributed by atoms with E-state index in [0.29, 0.717) is 0 Å². The van der Waals surface area contributed by atoms with Crippen molar-refractivity contribution in [2.45, 2.75) is 91.1 Å². The molecule has 2 amide bonds. The van der Waals surface area contributed by atoms with Crippen molar-refractivity contribution < 1.29 is 9.59 Å². The van der Waals surface area contributed by atoms with Crippen molar-refractivity contribution in [2.75, 3.05) is 0 Å². The summed E-state index contributed by atoms with van der Waals surface area (Å²) in [6.45, 7) is 11.9. The smallest absolute Gasteiger partial charge is 0.233 e. The van der Waals surface area contributed by atoms with E-state index in [1.807, 2.05) is 41.5 Å². The summed E-state index contributed by atoms with van der Waals surface area (Å²) in [5.41, 5.74) is -0.765. The van der Waals surface area contributed by atoms with Gasteiger partial charge >= 0.3 is 0 Å². The van der Waals surface area contributed by atoms with Crippen LogP contribution in [0.1, 0.15) is 80.1 Å². The molecule has 4 aliphatic rings. The molecule has 0 unspecified atom stereocenters. The molecule has 4 fully saturated rings. The minimum Gasteiger partial charge on any atom is -0.351 e. The Kier molecular flexibility index (Phi) is 4.49. The molecule has 0 heterocycles. The average Bonchev–Trinajstić information content (AvgIpc) is 2.30. The zero-order valence-corrected chi connectivity index (χ0v) is 16.9. The van der Waals surface area contributed by atoms with Gasteiger partial charge in [0.2, 0.25) is 11.8 Å². The predicted molar refractivity (Wildman–Crippen MR) is 99.9 cm³/mol. The molecule has 142 valence electrons. The second-order valence-electron chi connectivity index (χ2n) is 11.2. The maximum atomic E-state index is 13.2. The van der Waals surface area contributed by atoms with Crippen molar-refractivity contribution in [3.63, 3.8) is 0 Å². The molecule has 0 atom stereocenters. The second-order valence-corrected chi connectivity index (χ2v) is 11.2. The normalized spacial score (nSPS) is 34.3. The Morgan fingerprint density at radius 2 is 1.08 bits per heavy atom. The summed E-state index contributed by atoms with van der Waals surface area (Å²) in [6, 6.07) is 0. The summed E-state index contributed by atoms with van der Waals surface area (Å²) in [7, 11) is 0. The molecule has 4 bridgehead atoms. The van der Waals surface area contributed by atoms with Crippen LogP contribution in [0.15, 0.2) is 0 Å². The van der Waals surface area contributed by atoms with Gasteiger partial charge in [-0.2, -0.15) is 0 Å². The molecule has 0 aromatic rings. The number of hydrogen-bond donors (Lipinski definition) is 2. The van der Waals surface area contributed by atoms with E-state index in [2.05, 4.69) is 10.6 Å². The Labute approximate surface area is 152 Å². The van der Waals surface area contributed by atoms with Gasteiger partial charge in [0.1, 0.15) is 5.92 Å². The van der Waals surface area contributed by atoms with E-state index >= 15 is 0 Å². The van der Waals surface area contributed by atoms with Gasteiger partial charge in [0, 0.05) is 11.1 Å². The SMILES string of the molecule is CC(C)(C)NC(=O)C(C(=O)NC(C)(C)C)C12CC3CC(CC(C3)C1)C2. The van der Waals surface area contributed by atoms with Crippen LogP contribution in [-0.2, 0) is 9.59 Å². The van der Waals surface area contributed by atoms with Crippen molar-refractivity contribution in [1.29, 1.82) is 0 Å². The Hall–Kier alpha value is -1.06. The van der Waals surface area contributed by atoms with Gasteiger partial charge in [-0.15, -0.1) is 0 Å². The maximum Gasteiger partial charge on any atom is 0.233 e. The van der Waals surface area contributed by atoms with Gasteiger partial charge in [-0.25, -0.2) is 0 Å². The predicted octanol–water partition coefficient (Wildman–Crippen LogP) is 3.65. The fraction of sp³-hybridized carbons (Fsp3) is 0.905. The maximum absolute atomic E-state index is 13.2. The molecule has 0 aromatic carbocycles. The molecule has 4 aliphatic carbocycles. The lowest BCUT2D eigenvalue weighted by Gasteiger charge is -2.58. The number of amides is 2. The first-order valence-electron chi connectivity index (χ1n) is 10.0. The lowest BCUT2D eigenvalue weighted by Crippen LogP contribution is -2.60. The van der Waals surface area contributed by atoms with Gasteiger partial charge in [-0.3, -0.25) is 9.59 Å². The van der Waals surface area contributed by atoms with Crippen molar-refractivity contribution in [1.82, 2.24) is 10.6 Å². The van der Waals surface area contributed by atoms with Crippen LogP contribution < -0.4 is 10.6 Å². The third-order valence-electron chi connectivity index (χ3n) is 6.22. The third kappa shape index (κ3) is 4.03. The average molecular weight is 349 g/mol. The highest BCUT2D eigenvalue weighted by molar-refractivity contribution is 6.01. The monoisotopic (exact) mass is 348 g/mol. The van der Waals surface area contributed by atoms with Crippen LogP contribution in [0, 0.1) is 29.1 Å². The highest BCUT2D eigenvalue weighted by atomic mass is 16.2. The molecule has 4 nitrogen and oxygen atoms in total. The minimum atomic E-state index is -0.556. The van der Waals surface area contributed by atoms with E-state index in [4.69, 9.17) is 0 Å². The van der Waals surface area contributed by atoms with Gasteiger partial charge in [0.05, 0.1) is 0 Å². The standard InChI is InChI=1S/C21H36N2O2/c1-19(2,3)22-17(24)16(18(25)23-20(4,5)6)21-10-13-7-14(11-21)9-15(8-13)12-21/h13-16H,7-12H2,1-6H3,(H,22,24)(H,23,25). The summed E-state index contributed by atoms with van der Waals surface area (Å²) in [4.78, 5) is 26.5. The summed E-state index contributed by atoms with van der Waals surface area (Å²) in [5, 5.41) is 6.22. The van der Waals surface area contributed by atoms with Gasteiger partial charge in [0.15, 0.2) is 0 Å². The van der Waals surface area contributed by atoms with Gasteiger partial charge in [-0.1, -0.05) is 0 Å². The van der Waals surface area contributed by atoms with Crippen LogP contribution in [0.2, 0.25) is 0 Å². The van der Waals surface area contributed by atoms with Crippen molar-refractivity contribution in [3.8, 4) is 0 Å². The van der Waals surface area contributed by atoms with E-state index < -0.39 is 5.92 Å². The molecule has 4 saturated carbocycles. The van der Waals surface area contributed by atoms with Crippen LogP contribution >= 0.6 is 0 Å². The van der Waals surface area contributed by atoms with Crippen LogP contribution in [0.25, 0.3) is 0 Å². The number of hydrogen-bond acceptors (Lipinski definition) is 2. The summed E-state index contributed by atoms with van der Waals surface area (Å²) in [6.07, 6.45) is 7.10. The Balaban J connectivity index is 1.91. The van der Waals surface area contributed by atoms with Crippen LogP contribution in [0.4, 0.5) is 0 Å². The molecule has 4 rings (SSSR count). The lowest BCUT2D eigenvalue weighted by atomic mass is 9.46. The van der Waals surface area contributed by atoms with E-state index in [0.717, 1.165) is 37.0 Å². The summed E-state index contributed by atoms with van der Waals surface area (Å²) >= 11 is 0. The minimum absolute atomic E-state index is 0.0730. The van der Waals surface area contributed by atoms with Crippen molar-refractivity contribution >= 4 is 11.8 Å². The summed E-state index contributed by atoms with van der Waals surface area (Å²) < 4.78 is 0. The molecule has 0 aromatic heterocycles. The van der Waals surface area contributed by atoms with E-state index in [1.54, 1.807) is 0 Å². The van der Waals surface area contributed by atoms with E-state index in [9.17, 15) is 9.59 Å². The topological polar surface area (TPSA) is 58.2 Å². The highest BCUT2D eigenvalue weighted by Gasteiger charge is 2.58. The molecule has 0 spiro atoms. The number of carbonyl (C=O) groups excluding carboxylic acids is 2. The second kappa shape index (κ2) is 5.99. The molecule has 0 saturated heterocycles. The fourth-order valence-electron chi connectivity index (χ4n) is 6.09. The van der Waals surface area contributed by atoms with Gasteiger partial charge in [0.25, 0.3) is 0 Å². The quantitative estimate of drug-likeness (QED) is 0.765. The lowest BCUT2D eigenvalue weighted by molar-refractivity contribution is -0.155. The molecule has 0 aliphatic heterocycles. The first-order chi connectivity index (χ1) is 11.4. The fourth-order valence-corrected chi connectivity index (χ4v) is 6.09. The molecular formula is C21H36N2O2. The van der Waals surface area contributed by atoms with Crippen molar-refractivity contribution in [2.24, 2.45) is 29.1 Å². The molecule has 2 N–H and O–H groups in total. The van der Waals surface area contributed by atoms with Gasteiger partial charge < -0.3 is 10.6 Å². The Morgan fingerprint density at radius 1 is 0.760 bits per heavy atom. The first-order valence-corrected chi connectivity index (χ1v) is 10.0. The first kappa shape index (κ1) is 18.7. The largest absolute Gasteiger partial charge is 0.351 e. The zero-order chi connectivity index (χ0) is 18.6.